The van der Waals surface area contributed by atoms with Crippen molar-refractivity contribution < 1.29 is 23.8 Å². The van der Waals surface area contributed by atoms with E-state index in [1.165, 1.54) is 14.2 Å². The summed E-state index contributed by atoms with van der Waals surface area (Å²) < 4.78 is 16.0. The summed E-state index contributed by atoms with van der Waals surface area (Å²) in [5.41, 5.74) is 1.24. The van der Waals surface area contributed by atoms with Crippen molar-refractivity contribution in [3.8, 4) is 0 Å². The fourth-order valence-electron chi connectivity index (χ4n) is 3.60. The molecule has 2 aliphatic rings. The minimum absolute atomic E-state index is 0.177. The van der Waals surface area contributed by atoms with Gasteiger partial charge in [-0.25, -0.2) is 9.59 Å². The van der Waals surface area contributed by atoms with Crippen molar-refractivity contribution in [3.63, 3.8) is 0 Å². The molecule has 6 nitrogen and oxygen atoms in total. The molecule has 0 saturated carbocycles. The van der Waals surface area contributed by atoms with Gasteiger partial charge in [-0.3, -0.25) is 0 Å². The highest BCUT2D eigenvalue weighted by Gasteiger charge is 2.58. The zero-order chi connectivity index (χ0) is 19.6. The lowest BCUT2D eigenvalue weighted by Gasteiger charge is -2.35. The van der Waals surface area contributed by atoms with Gasteiger partial charge in [-0.2, -0.15) is 0 Å². The quantitative estimate of drug-likeness (QED) is 0.588. The number of carbonyl (C=O) groups is 2. The first kappa shape index (κ1) is 18.9. The van der Waals surface area contributed by atoms with E-state index in [0.29, 0.717) is 6.42 Å². The second kappa shape index (κ2) is 7.40. The summed E-state index contributed by atoms with van der Waals surface area (Å²) in [6.07, 6.45) is 5.19. The third kappa shape index (κ3) is 3.17. The number of fused-ring (bicyclic) bond motifs is 2. The van der Waals surface area contributed by atoms with E-state index in [-0.39, 0.29) is 17.2 Å². The second-order valence-electron chi connectivity index (χ2n) is 6.55. The summed E-state index contributed by atoms with van der Waals surface area (Å²) in [7, 11) is 2.56. The molecule has 2 heterocycles. The molecule has 0 fully saturated rings. The number of rotatable bonds is 7. The van der Waals surface area contributed by atoms with E-state index >= 15 is 0 Å². The number of carbonyl (C=O) groups excluding carboxylic acids is 2. The van der Waals surface area contributed by atoms with Crippen LogP contribution in [-0.2, 0) is 23.8 Å². The largest absolute Gasteiger partial charge is 0.466 e. The fraction of sp³-hybridized carbons (Fsp3) is 0.333. The van der Waals surface area contributed by atoms with Crippen molar-refractivity contribution in [1.82, 2.24) is 0 Å². The van der Waals surface area contributed by atoms with Crippen LogP contribution < -0.4 is 5.32 Å². The first-order valence-corrected chi connectivity index (χ1v) is 8.69. The Morgan fingerprint density at radius 2 is 1.93 bits per heavy atom. The van der Waals surface area contributed by atoms with Crippen LogP contribution in [0.1, 0.15) is 12.0 Å². The van der Waals surface area contributed by atoms with Crippen LogP contribution in [0.4, 0.5) is 5.69 Å². The van der Waals surface area contributed by atoms with Gasteiger partial charge in [0.05, 0.1) is 31.4 Å². The average Bonchev–Trinajstić information content (AvgIpc) is 3.25. The number of nitrogens with one attached hydrogen (secondary N) is 1. The van der Waals surface area contributed by atoms with Gasteiger partial charge in [0.2, 0.25) is 0 Å². The Morgan fingerprint density at radius 1 is 1.26 bits per heavy atom. The van der Waals surface area contributed by atoms with Crippen molar-refractivity contribution in [2.24, 2.45) is 0 Å². The lowest BCUT2D eigenvalue weighted by Crippen LogP contribution is -2.48. The topological polar surface area (TPSA) is 73.9 Å². The Bertz CT molecular complexity index is 823. The highest BCUT2D eigenvalue weighted by atomic mass is 16.6. The van der Waals surface area contributed by atoms with E-state index in [4.69, 9.17) is 14.2 Å². The molecule has 3 atom stereocenters. The SMILES string of the molecule is C=CC[C@H](Nc1ccc(C)cc1)C12C=CC(O1)C(C(=O)OC)=C2C(=O)OC. The van der Waals surface area contributed by atoms with Gasteiger partial charge in [0.25, 0.3) is 0 Å². The molecule has 0 aliphatic carbocycles. The first-order valence-electron chi connectivity index (χ1n) is 8.69. The molecule has 3 rings (SSSR count). The summed E-state index contributed by atoms with van der Waals surface area (Å²) in [5.74, 6) is -1.21. The molecular weight excluding hydrogens is 346 g/mol. The summed E-state index contributed by atoms with van der Waals surface area (Å²) in [5, 5.41) is 3.41. The number of benzene rings is 1. The number of anilines is 1. The fourth-order valence-corrected chi connectivity index (χ4v) is 3.60. The molecule has 0 amide bonds. The average molecular weight is 369 g/mol. The highest BCUT2D eigenvalue weighted by molar-refractivity contribution is 6.05. The van der Waals surface area contributed by atoms with Crippen molar-refractivity contribution in [2.45, 2.75) is 31.1 Å². The number of esters is 2. The van der Waals surface area contributed by atoms with Gasteiger partial charge in [0.15, 0.2) is 0 Å². The standard InChI is InChI=1S/C21H23NO5/c1-5-6-16(22-14-9-7-13(2)8-10-14)21-12-11-15(27-21)17(19(23)25-3)18(21)20(24)26-4/h5,7-12,15-16,22H,1,6H2,2-4H3/t15?,16-,21?/m0/s1. The van der Waals surface area contributed by atoms with E-state index in [0.717, 1.165) is 11.3 Å². The minimum Gasteiger partial charge on any atom is -0.466 e. The Morgan fingerprint density at radius 3 is 2.52 bits per heavy atom. The smallest absolute Gasteiger partial charge is 0.337 e. The normalized spacial score (nSPS) is 23.9. The molecule has 1 aromatic rings. The van der Waals surface area contributed by atoms with Gasteiger partial charge in [0.1, 0.15) is 11.7 Å². The van der Waals surface area contributed by atoms with E-state index in [2.05, 4.69) is 11.9 Å². The number of methoxy groups -OCH3 is 2. The molecule has 2 unspecified atom stereocenters. The van der Waals surface area contributed by atoms with Crippen LogP contribution >= 0.6 is 0 Å². The van der Waals surface area contributed by atoms with E-state index in [9.17, 15) is 9.59 Å². The molecule has 0 radical (unpaired) electrons. The Hall–Kier alpha value is -2.86. The van der Waals surface area contributed by atoms with Crippen LogP contribution in [0.2, 0.25) is 0 Å². The molecule has 6 heteroatoms. The number of aryl methyl sites for hydroxylation is 1. The van der Waals surface area contributed by atoms with Gasteiger partial charge in [0, 0.05) is 5.69 Å². The highest BCUT2D eigenvalue weighted by Crippen LogP contribution is 2.47. The zero-order valence-electron chi connectivity index (χ0n) is 15.7. The van der Waals surface area contributed by atoms with Gasteiger partial charge in [-0.15, -0.1) is 6.58 Å². The van der Waals surface area contributed by atoms with Crippen LogP contribution in [0.5, 0.6) is 0 Å². The molecule has 0 spiro atoms. The Labute approximate surface area is 158 Å². The van der Waals surface area contributed by atoms with Crippen molar-refractivity contribution in [1.29, 1.82) is 0 Å². The third-order valence-electron chi connectivity index (χ3n) is 4.89. The maximum absolute atomic E-state index is 12.6. The van der Waals surface area contributed by atoms with Gasteiger partial charge in [-0.1, -0.05) is 29.8 Å². The van der Waals surface area contributed by atoms with E-state index < -0.39 is 23.6 Å². The number of ether oxygens (including phenoxy) is 3. The van der Waals surface area contributed by atoms with E-state index in [1.54, 1.807) is 12.2 Å². The number of hydrogen-bond donors (Lipinski definition) is 1. The molecule has 0 aromatic heterocycles. The zero-order valence-corrected chi connectivity index (χ0v) is 15.7. The molecule has 2 bridgehead atoms. The van der Waals surface area contributed by atoms with Crippen LogP contribution in [0, 0.1) is 6.92 Å². The molecule has 0 saturated heterocycles. The Balaban J connectivity index is 2.06. The molecule has 2 aliphatic heterocycles. The summed E-state index contributed by atoms with van der Waals surface area (Å²) in [6.45, 7) is 5.83. The molecular formula is C21H23NO5. The monoisotopic (exact) mass is 369 g/mol. The molecule has 1 aromatic carbocycles. The lowest BCUT2D eigenvalue weighted by atomic mass is 9.80. The number of hydrogen-bond acceptors (Lipinski definition) is 6. The summed E-state index contributed by atoms with van der Waals surface area (Å²) in [4.78, 5) is 24.9. The molecule has 142 valence electrons. The lowest BCUT2D eigenvalue weighted by molar-refractivity contribution is -0.139. The van der Waals surface area contributed by atoms with Crippen molar-refractivity contribution >= 4 is 17.6 Å². The summed E-state index contributed by atoms with van der Waals surface area (Å²) >= 11 is 0. The van der Waals surface area contributed by atoms with Crippen molar-refractivity contribution in [3.05, 3.63) is 65.8 Å². The maximum atomic E-state index is 12.6. The van der Waals surface area contributed by atoms with Crippen molar-refractivity contribution in [2.75, 3.05) is 19.5 Å². The van der Waals surface area contributed by atoms with Crippen LogP contribution in [0.25, 0.3) is 0 Å². The van der Waals surface area contributed by atoms with E-state index in [1.807, 2.05) is 37.3 Å². The van der Waals surface area contributed by atoms with Crippen LogP contribution in [0.15, 0.2) is 60.2 Å². The third-order valence-corrected chi connectivity index (χ3v) is 4.89. The summed E-state index contributed by atoms with van der Waals surface area (Å²) in [6, 6.07) is 7.52. The maximum Gasteiger partial charge on any atom is 0.337 e. The first-order chi connectivity index (χ1) is 13.0. The van der Waals surface area contributed by atoms with Gasteiger partial charge in [-0.05, 0) is 31.6 Å². The second-order valence-corrected chi connectivity index (χ2v) is 6.55. The molecule has 27 heavy (non-hydrogen) atoms. The van der Waals surface area contributed by atoms with Gasteiger partial charge < -0.3 is 19.5 Å². The Kier molecular flexibility index (Phi) is 5.19. The predicted octanol–water partition coefficient (Wildman–Crippen LogP) is 2.70. The van der Waals surface area contributed by atoms with Crippen LogP contribution in [-0.4, -0.2) is 43.9 Å². The minimum atomic E-state index is -1.14. The molecule has 1 N–H and O–H groups in total. The van der Waals surface area contributed by atoms with Crippen LogP contribution in [0.3, 0.4) is 0 Å². The van der Waals surface area contributed by atoms with Gasteiger partial charge >= 0.3 is 11.9 Å². The predicted molar refractivity (Wildman–Crippen MR) is 101 cm³/mol.